The van der Waals surface area contributed by atoms with Gasteiger partial charge in [-0.05, 0) is 23.8 Å². The fraction of sp³-hybridized carbons (Fsp3) is 0.111. The molecule has 0 amide bonds. The third kappa shape index (κ3) is 3.55. The molecular formula is C18H13F3N2O2. The van der Waals surface area contributed by atoms with Crippen molar-refractivity contribution in [2.45, 2.75) is 13.2 Å². The number of hydrogen-bond donors (Lipinski definition) is 1. The van der Waals surface area contributed by atoms with Crippen LogP contribution in [0.4, 0.5) is 13.2 Å². The second-order valence-electron chi connectivity index (χ2n) is 5.44. The van der Waals surface area contributed by atoms with Crippen molar-refractivity contribution in [3.8, 4) is 0 Å². The minimum atomic E-state index is -1.13. The molecule has 0 unspecified atom stereocenters. The molecule has 1 heterocycles. The van der Waals surface area contributed by atoms with Gasteiger partial charge in [-0.25, -0.2) is 18.0 Å². The first-order valence-electron chi connectivity index (χ1n) is 7.38. The molecule has 1 N–H and O–H groups in total. The van der Waals surface area contributed by atoms with Crippen LogP contribution in [0.15, 0.2) is 42.5 Å². The number of carbonyl (C=O) groups is 1. The minimum absolute atomic E-state index is 0.000730. The zero-order valence-electron chi connectivity index (χ0n) is 12.9. The Bertz CT molecular complexity index is 980. The third-order valence-corrected chi connectivity index (χ3v) is 3.72. The molecule has 0 saturated carbocycles. The fourth-order valence-corrected chi connectivity index (χ4v) is 2.53. The second kappa shape index (κ2) is 6.80. The van der Waals surface area contributed by atoms with Gasteiger partial charge in [0.25, 0.3) is 0 Å². The number of alkyl halides is 1. The molecule has 0 bridgehead atoms. The number of benzene rings is 2. The fourth-order valence-electron chi connectivity index (χ4n) is 2.53. The van der Waals surface area contributed by atoms with Crippen molar-refractivity contribution in [3.63, 3.8) is 0 Å². The quantitative estimate of drug-likeness (QED) is 0.712. The second-order valence-corrected chi connectivity index (χ2v) is 5.44. The first kappa shape index (κ1) is 16.8. The van der Waals surface area contributed by atoms with Gasteiger partial charge in [-0.15, -0.1) is 0 Å². The smallest absolute Gasteiger partial charge is 0.328 e. The first-order valence-corrected chi connectivity index (χ1v) is 7.38. The molecule has 0 atom stereocenters. The summed E-state index contributed by atoms with van der Waals surface area (Å²) in [6.45, 7) is -0.675. The highest BCUT2D eigenvalue weighted by atomic mass is 19.1. The van der Waals surface area contributed by atoms with Crippen LogP contribution in [-0.2, 0) is 18.0 Å². The average Bonchev–Trinajstić information content (AvgIpc) is 2.92. The largest absolute Gasteiger partial charge is 0.478 e. The van der Waals surface area contributed by atoms with Gasteiger partial charge in [0.1, 0.15) is 18.3 Å². The van der Waals surface area contributed by atoms with Crippen LogP contribution >= 0.6 is 0 Å². The van der Waals surface area contributed by atoms with Gasteiger partial charge in [0.2, 0.25) is 0 Å². The topological polar surface area (TPSA) is 55.1 Å². The monoisotopic (exact) mass is 346 g/mol. The number of carboxylic acid groups (broad SMARTS) is 1. The van der Waals surface area contributed by atoms with E-state index in [-0.39, 0.29) is 12.1 Å². The Kier molecular flexibility index (Phi) is 4.56. The van der Waals surface area contributed by atoms with Gasteiger partial charge in [0.05, 0.1) is 17.8 Å². The van der Waals surface area contributed by atoms with Crippen LogP contribution in [0, 0.1) is 11.6 Å². The van der Waals surface area contributed by atoms with E-state index in [1.807, 2.05) is 0 Å². The van der Waals surface area contributed by atoms with Crippen LogP contribution in [-0.4, -0.2) is 20.9 Å². The van der Waals surface area contributed by atoms with E-state index in [1.165, 1.54) is 16.8 Å². The van der Waals surface area contributed by atoms with E-state index in [4.69, 9.17) is 5.11 Å². The van der Waals surface area contributed by atoms with Gasteiger partial charge in [-0.1, -0.05) is 18.2 Å². The highest BCUT2D eigenvalue weighted by molar-refractivity contribution is 5.92. The lowest BCUT2D eigenvalue weighted by molar-refractivity contribution is -0.131. The van der Waals surface area contributed by atoms with Crippen molar-refractivity contribution in [1.82, 2.24) is 9.78 Å². The van der Waals surface area contributed by atoms with Crippen molar-refractivity contribution < 1.29 is 23.1 Å². The molecule has 3 aromatic rings. The molecule has 2 aromatic carbocycles. The lowest BCUT2D eigenvalue weighted by atomic mass is 10.1. The molecule has 0 fully saturated rings. The zero-order valence-corrected chi connectivity index (χ0v) is 12.9. The molecule has 7 heteroatoms. The zero-order chi connectivity index (χ0) is 18.0. The molecule has 1 aromatic heterocycles. The van der Waals surface area contributed by atoms with Crippen LogP contribution in [0.25, 0.3) is 17.0 Å². The maximum Gasteiger partial charge on any atom is 0.328 e. The van der Waals surface area contributed by atoms with Crippen LogP contribution in [0.3, 0.4) is 0 Å². The Morgan fingerprint density at radius 1 is 1.20 bits per heavy atom. The number of halogens is 3. The minimum Gasteiger partial charge on any atom is -0.478 e. The van der Waals surface area contributed by atoms with Crippen molar-refractivity contribution in [2.24, 2.45) is 0 Å². The van der Waals surface area contributed by atoms with Crippen molar-refractivity contribution in [1.29, 1.82) is 0 Å². The Balaban J connectivity index is 2.10. The van der Waals surface area contributed by atoms with Crippen LogP contribution in [0.5, 0.6) is 0 Å². The van der Waals surface area contributed by atoms with Gasteiger partial charge in [0.15, 0.2) is 0 Å². The predicted molar refractivity (Wildman–Crippen MR) is 86.7 cm³/mol. The van der Waals surface area contributed by atoms with Gasteiger partial charge in [-0.3, -0.25) is 4.68 Å². The van der Waals surface area contributed by atoms with Crippen LogP contribution in [0.1, 0.15) is 16.8 Å². The molecule has 0 spiro atoms. The molecule has 25 heavy (non-hydrogen) atoms. The molecule has 4 nitrogen and oxygen atoms in total. The molecule has 0 radical (unpaired) electrons. The number of fused-ring (bicyclic) bond motifs is 1. The summed E-state index contributed by atoms with van der Waals surface area (Å²) in [4.78, 5) is 10.7. The Labute approximate surface area is 140 Å². The first-order chi connectivity index (χ1) is 12.0. The van der Waals surface area contributed by atoms with Gasteiger partial charge < -0.3 is 5.11 Å². The van der Waals surface area contributed by atoms with E-state index in [9.17, 15) is 18.0 Å². The summed E-state index contributed by atoms with van der Waals surface area (Å²) in [6, 6.07) is 8.01. The SMILES string of the molecule is O=C(O)C=Cc1nn(Cc2ccc(F)cc2F)c2cc(CF)ccc12. The number of hydrogen-bond acceptors (Lipinski definition) is 2. The highest BCUT2D eigenvalue weighted by Crippen LogP contribution is 2.23. The van der Waals surface area contributed by atoms with E-state index in [0.29, 0.717) is 22.2 Å². The lowest BCUT2D eigenvalue weighted by Crippen LogP contribution is -2.04. The maximum absolute atomic E-state index is 13.9. The lowest BCUT2D eigenvalue weighted by Gasteiger charge is -2.06. The number of rotatable bonds is 5. The molecule has 0 saturated heterocycles. The van der Waals surface area contributed by atoms with E-state index >= 15 is 0 Å². The number of aromatic nitrogens is 2. The van der Waals surface area contributed by atoms with E-state index in [2.05, 4.69) is 5.10 Å². The third-order valence-electron chi connectivity index (χ3n) is 3.72. The number of nitrogens with zero attached hydrogens (tertiary/aromatic N) is 2. The Hall–Kier alpha value is -3.09. The van der Waals surface area contributed by atoms with Crippen molar-refractivity contribution in [2.75, 3.05) is 0 Å². The van der Waals surface area contributed by atoms with Crippen LogP contribution < -0.4 is 0 Å². The summed E-state index contributed by atoms with van der Waals surface area (Å²) in [5.41, 5.74) is 1.53. The predicted octanol–water partition coefficient (Wildman–Crippen LogP) is 3.93. The maximum atomic E-state index is 13.9. The summed E-state index contributed by atoms with van der Waals surface area (Å²) < 4.78 is 41.4. The Morgan fingerprint density at radius 3 is 2.68 bits per heavy atom. The number of aliphatic carboxylic acids is 1. The van der Waals surface area contributed by atoms with E-state index < -0.39 is 24.3 Å². The summed E-state index contributed by atoms with van der Waals surface area (Å²) in [5, 5.41) is 13.7. The van der Waals surface area contributed by atoms with Gasteiger partial charge in [0, 0.05) is 23.1 Å². The summed E-state index contributed by atoms with van der Waals surface area (Å²) >= 11 is 0. The Morgan fingerprint density at radius 2 is 2.00 bits per heavy atom. The molecule has 128 valence electrons. The normalized spacial score (nSPS) is 11.5. The van der Waals surface area contributed by atoms with Crippen LogP contribution in [0.2, 0.25) is 0 Å². The molecule has 0 aliphatic rings. The standard InChI is InChI=1S/C18H13F3N2O2/c19-9-11-1-4-14-16(5-6-18(24)25)22-23(17(14)7-11)10-12-2-3-13(20)8-15(12)21/h1-8H,9-10H2,(H,24,25). The summed E-state index contributed by atoms with van der Waals surface area (Å²) in [5.74, 6) is -2.53. The van der Waals surface area contributed by atoms with Crippen molar-refractivity contribution in [3.05, 3.63) is 70.9 Å². The van der Waals surface area contributed by atoms with Gasteiger partial charge in [-0.2, -0.15) is 5.10 Å². The molecule has 0 aliphatic carbocycles. The molecule has 0 aliphatic heterocycles. The highest BCUT2D eigenvalue weighted by Gasteiger charge is 2.12. The summed E-state index contributed by atoms with van der Waals surface area (Å²) in [6.07, 6.45) is 2.25. The molecule has 3 rings (SSSR count). The molecular weight excluding hydrogens is 333 g/mol. The summed E-state index contributed by atoms with van der Waals surface area (Å²) in [7, 11) is 0. The number of carboxylic acids is 1. The van der Waals surface area contributed by atoms with E-state index in [1.54, 1.807) is 18.2 Å². The van der Waals surface area contributed by atoms with Crippen molar-refractivity contribution >= 4 is 22.9 Å². The van der Waals surface area contributed by atoms with Gasteiger partial charge >= 0.3 is 5.97 Å². The van der Waals surface area contributed by atoms with E-state index in [0.717, 1.165) is 18.2 Å². The average molecular weight is 346 g/mol.